The Morgan fingerprint density at radius 2 is 2.00 bits per heavy atom. The van der Waals surface area contributed by atoms with Crippen LogP contribution in [-0.2, 0) is 18.3 Å². The van der Waals surface area contributed by atoms with Gasteiger partial charge < -0.3 is 20.6 Å². The lowest BCUT2D eigenvalue weighted by atomic mass is 10.00. The molecule has 0 aliphatic heterocycles. The van der Waals surface area contributed by atoms with E-state index >= 15 is 0 Å². The van der Waals surface area contributed by atoms with Gasteiger partial charge in [0.2, 0.25) is 5.91 Å². The molecule has 31 heavy (non-hydrogen) atoms. The summed E-state index contributed by atoms with van der Waals surface area (Å²) >= 11 is 0. The van der Waals surface area contributed by atoms with Crippen molar-refractivity contribution in [3.63, 3.8) is 0 Å². The standard InChI is InChI=1S/C23H24N4O4/c1-27-19-10-15(6-7-21(19)31-23(27)30)14-4-2-13(3-5-14)8-17(12-24)26-22(29)16-9-18(25)20(28)11-16/h2-7,10,16-18,20,28H,8-9,11,25H2,1H3,(H,26,29)/t16-,17+,18+,20+/m1/s1. The summed E-state index contributed by atoms with van der Waals surface area (Å²) < 4.78 is 6.63. The average Bonchev–Trinajstić information content (AvgIpc) is 3.26. The number of aliphatic hydroxyl groups excluding tert-OH is 1. The van der Waals surface area contributed by atoms with Crippen molar-refractivity contribution >= 4 is 17.0 Å². The number of hydrogen-bond donors (Lipinski definition) is 3. The van der Waals surface area contributed by atoms with Crippen molar-refractivity contribution in [1.82, 2.24) is 9.88 Å². The molecule has 8 heteroatoms. The van der Waals surface area contributed by atoms with Crippen LogP contribution in [0.15, 0.2) is 51.7 Å². The molecule has 3 aromatic rings. The molecule has 1 aliphatic carbocycles. The number of nitrogens with zero attached hydrogens (tertiary/aromatic N) is 2. The van der Waals surface area contributed by atoms with Gasteiger partial charge in [0, 0.05) is 25.4 Å². The van der Waals surface area contributed by atoms with Gasteiger partial charge in [0.1, 0.15) is 6.04 Å². The summed E-state index contributed by atoms with van der Waals surface area (Å²) in [5, 5.41) is 22.0. The molecule has 160 valence electrons. The maximum atomic E-state index is 12.4. The number of aliphatic hydroxyl groups is 1. The molecule has 1 amide bonds. The Morgan fingerprint density at radius 3 is 2.65 bits per heavy atom. The second-order valence-corrected chi connectivity index (χ2v) is 8.10. The first-order valence-electron chi connectivity index (χ1n) is 10.2. The van der Waals surface area contributed by atoms with Crippen LogP contribution in [0.1, 0.15) is 18.4 Å². The van der Waals surface area contributed by atoms with Gasteiger partial charge in [-0.3, -0.25) is 9.36 Å². The highest BCUT2D eigenvalue weighted by Crippen LogP contribution is 2.26. The van der Waals surface area contributed by atoms with Crippen LogP contribution in [0, 0.1) is 17.2 Å². The van der Waals surface area contributed by atoms with Gasteiger partial charge in [0.25, 0.3) is 0 Å². The molecule has 8 nitrogen and oxygen atoms in total. The Balaban J connectivity index is 1.44. The summed E-state index contributed by atoms with van der Waals surface area (Å²) in [6.45, 7) is 0. The van der Waals surface area contributed by atoms with Crippen LogP contribution in [0.25, 0.3) is 22.2 Å². The van der Waals surface area contributed by atoms with E-state index in [4.69, 9.17) is 10.2 Å². The third-order valence-electron chi connectivity index (χ3n) is 5.94. The third kappa shape index (κ3) is 4.24. The van der Waals surface area contributed by atoms with Gasteiger partial charge in [-0.1, -0.05) is 30.3 Å². The number of carbonyl (C=O) groups excluding carboxylic acids is 1. The number of nitrogens with two attached hydrogens (primary N) is 1. The van der Waals surface area contributed by atoms with Crippen LogP contribution in [0.4, 0.5) is 0 Å². The summed E-state index contributed by atoms with van der Waals surface area (Å²) in [5.74, 6) is -1.01. The number of rotatable bonds is 5. The number of benzene rings is 2. The molecule has 4 atom stereocenters. The van der Waals surface area contributed by atoms with Crippen LogP contribution in [-0.4, -0.2) is 33.8 Å². The number of aryl methyl sites for hydroxylation is 1. The predicted octanol–water partition coefficient (Wildman–Crippen LogP) is 1.45. The monoisotopic (exact) mass is 420 g/mol. The fourth-order valence-corrected chi connectivity index (χ4v) is 4.06. The van der Waals surface area contributed by atoms with Crippen LogP contribution in [0.2, 0.25) is 0 Å². The Bertz CT molecular complexity index is 1200. The Labute approximate surface area is 178 Å². The Morgan fingerprint density at radius 1 is 1.29 bits per heavy atom. The Kier molecular flexibility index (Phi) is 5.63. The van der Waals surface area contributed by atoms with Crippen molar-refractivity contribution < 1.29 is 14.3 Å². The fourth-order valence-electron chi connectivity index (χ4n) is 4.06. The normalized spacial score (nSPS) is 21.7. The molecule has 1 aliphatic rings. The van der Waals surface area contributed by atoms with Gasteiger partial charge in [0.05, 0.1) is 17.7 Å². The minimum Gasteiger partial charge on any atom is -0.408 e. The van der Waals surface area contributed by atoms with Crippen molar-refractivity contribution in [3.05, 3.63) is 58.6 Å². The molecule has 0 saturated heterocycles. The molecular formula is C23H24N4O4. The highest BCUT2D eigenvalue weighted by Gasteiger charge is 2.35. The van der Waals surface area contributed by atoms with E-state index < -0.39 is 23.9 Å². The maximum absolute atomic E-state index is 12.4. The van der Waals surface area contributed by atoms with Crippen LogP contribution in [0.5, 0.6) is 0 Å². The molecule has 0 spiro atoms. The molecule has 1 heterocycles. The molecule has 4 rings (SSSR count). The van der Waals surface area contributed by atoms with Gasteiger partial charge in [-0.05, 0) is 41.7 Å². The maximum Gasteiger partial charge on any atom is 0.419 e. The van der Waals surface area contributed by atoms with E-state index in [1.165, 1.54) is 4.57 Å². The van der Waals surface area contributed by atoms with E-state index in [0.717, 1.165) is 22.2 Å². The second-order valence-electron chi connectivity index (χ2n) is 8.10. The number of nitriles is 1. The van der Waals surface area contributed by atoms with Crippen LogP contribution >= 0.6 is 0 Å². The molecule has 1 saturated carbocycles. The molecular weight excluding hydrogens is 396 g/mol. The molecule has 0 unspecified atom stereocenters. The first-order valence-corrected chi connectivity index (χ1v) is 10.2. The number of hydrogen-bond acceptors (Lipinski definition) is 6. The number of nitrogens with one attached hydrogen (secondary N) is 1. The lowest BCUT2D eigenvalue weighted by molar-refractivity contribution is -0.125. The first kappa shape index (κ1) is 20.8. The SMILES string of the molecule is Cn1c(=O)oc2ccc(-c3ccc(C[C@@H](C#N)NC(=O)[C@@H]4C[C@H](N)[C@@H](O)C4)cc3)cc21. The molecule has 0 bridgehead atoms. The zero-order valence-electron chi connectivity index (χ0n) is 17.1. The molecule has 4 N–H and O–H groups in total. The van der Waals surface area contributed by atoms with Crippen molar-refractivity contribution in [2.75, 3.05) is 0 Å². The topological polar surface area (TPSA) is 134 Å². The highest BCUT2D eigenvalue weighted by molar-refractivity contribution is 5.81. The largest absolute Gasteiger partial charge is 0.419 e. The number of amides is 1. The molecule has 1 fully saturated rings. The first-order chi connectivity index (χ1) is 14.9. The lowest BCUT2D eigenvalue weighted by Gasteiger charge is -2.15. The number of aromatic nitrogens is 1. The lowest BCUT2D eigenvalue weighted by Crippen LogP contribution is -2.39. The highest BCUT2D eigenvalue weighted by atomic mass is 16.4. The van der Waals surface area contributed by atoms with Crippen molar-refractivity contribution in [3.8, 4) is 17.2 Å². The van der Waals surface area contributed by atoms with E-state index in [0.29, 0.717) is 24.8 Å². The van der Waals surface area contributed by atoms with E-state index in [1.807, 2.05) is 36.4 Å². The summed E-state index contributed by atoms with van der Waals surface area (Å²) in [4.78, 5) is 24.1. The van der Waals surface area contributed by atoms with Crippen molar-refractivity contribution in [2.24, 2.45) is 18.7 Å². The molecule has 1 aromatic heterocycles. The number of oxazole rings is 1. The average molecular weight is 420 g/mol. The van der Waals surface area contributed by atoms with Crippen molar-refractivity contribution in [2.45, 2.75) is 37.5 Å². The number of fused-ring (bicyclic) bond motifs is 1. The van der Waals surface area contributed by atoms with E-state index in [-0.39, 0.29) is 11.8 Å². The van der Waals surface area contributed by atoms with Crippen LogP contribution < -0.4 is 16.8 Å². The predicted molar refractivity (Wildman–Crippen MR) is 115 cm³/mol. The minimum atomic E-state index is -0.674. The third-order valence-corrected chi connectivity index (χ3v) is 5.94. The Hall–Kier alpha value is -3.41. The van der Waals surface area contributed by atoms with Gasteiger partial charge in [0.15, 0.2) is 5.58 Å². The van der Waals surface area contributed by atoms with Gasteiger partial charge in [-0.25, -0.2) is 4.79 Å². The molecule has 0 radical (unpaired) electrons. The zero-order valence-corrected chi connectivity index (χ0v) is 17.1. The zero-order chi connectivity index (χ0) is 22.1. The van der Waals surface area contributed by atoms with Crippen LogP contribution in [0.3, 0.4) is 0 Å². The second kappa shape index (κ2) is 8.38. The van der Waals surface area contributed by atoms with E-state index in [2.05, 4.69) is 11.4 Å². The van der Waals surface area contributed by atoms with Gasteiger partial charge in [-0.15, -0.1) is 0 Å². The summed E-state index contributed by atoms with van der Waals surface area (Å²) in [5.41, 5.74) is 9.85. The quantitative estimate of drug-likeness (QED) is 0.572. The van der Waals surface area contributed by atoms with Gasteiger partial charge >= 0.3 is 5.76 Å². The van der Waals surface area contributed by atoms with Gasteiger partial charge in [-0.2, -0.15) is 5.26 Å². The summed E-state index contributed by atoms with van der Waals surface area (Å²) in [7, 11) is 1.66. The summed E-state index contributed by atoms with van der Waals surface area (Å²) in [6, 6.07) is 14.3. The minimum absolute atomic E-state index is 0.241. The van der Waals surface area contributed by atoms with E-state index in [9.17, 15) is 20.0 Å². The smallest absolute Gasteiger partial charge is 0.408 e. The van der Waals surface area contributed by atoms with Crippen molar-refractivity contribution in [1.29, 1.82) is 5.26 Å². The fraction of sp³-hybridized carbons (Fsp3) is 0.348. The number of carbonyl (C=O) groups is 1. The molecule has 2 aromatic carbocycles. The summed E-state index contributed by atoms with van der Waals surface area (Å²) in [6.07, 6.45) is 0.449. The van der Waals surface area contributed by atoms with E-state index in [1.54, 1.807) is 13.1 Å².